The second kappa shape index (κ2) is 7.91. The molecule has 0 fully saturated rings. The number of nitrogens with zero attached hydrogens (tertiary/aromatic N) is 2. The van der Waals surface area contributed by atoms with E-state index in [0.717, 1.165) is 5.56 Å². The minimum absolute atomic E-state index is 1.16. The van der Waals surface area contributed by atoms with E-state index in [4.69, 9.17) is 20.4 Å². The van der Waals surface area contributed by atoms with Gasteiger partial charge in [0.15, 0.2) is 12.2 Å². The zero-order valence-corrected chi connectivity index (χ0v) is 11.7. The summed E-state index contributed by atoms with van der Waals surface area (Å²) in [5.41, 5.74) is 2.35. The fourth-order valence-corrected chi connectivity index (χ4v) is 1.55. The summed E-state index contributed by atoms with van der Waals surface area (Å²) in [5, 5.41) is 32.5. The standard InChI is InChI=1S/C10H10N2.C4H6O6/c1-12-7-3-5-10(12)9-4-2-6-11-8-9;5-1(3(7)8)2(6)4(9)10/h2-8H,1H3;1-2,5-6H,(H,7,8)(H,9,10). The summed E-state index contributed by atoms with van der Waals surface area (Å²) in [6.45, 7) is 0. The largest absolute Gasteiger partial charge is 0.479 e. The summed E-state index contributed by atoms with van der Waals surface area (Å²) >= 11 is 0. The molecule has 0 aliphatic carbocycles. The van der Waals surface area contributed by atoms with Crippen molar-refractivity contribution in [1.82, 2.24) is 9.55 Å². The van der Waals surface area contributed by atoms with Gasteiger partial charge < -0.3 is 25.0 Å². The van der Waals surface area contributed by atoms with Crippen LogP contribution in [0.25, 0.3) is 11.3 Å². The molecule has 8 heteroatoms. The minimum atomic E-state index is -2.27. The Hall–Kier alpha value is -2.71. The highest BCUT2D eigenvalue weighted by Gasteiger charge is 2.29. The average Bonchev–Trinajstić information content (AvgIpc) is 2.93. The Kier molecular flexibility index (Phi) is 6.24. The third kappa shape index (κ3) is 4.69. The van der Waals surface area contributed by atoms with E-state index in [1.54, 1.807) is 6.20 Å². The number of carbonyl (C=O) groups is 2. The van der Waals surface area contributed by atoms with Crippen molar-refractivity contribution < 1.29 is 30.0 Å². The number of aromatic nitrogens is 2. The number of carboxylic acid groups (broad SMARTS) is 2. The lowest BCUT2D eigenvalue weighted by molar-refractivity contribution is -0.165. The van der Waals surface area contributed by atoms with E-state index in [1.165, 1.54) is 5.69 Å². The average molecular weight is 308 g/mol. The Labute approximate surface area is 125 Å². The van der Waals surface area contributed by atoms with E-state index < -0.39 is 24.1 Å². The monoisotopic (exact) mass is 308 g/mol. The lowest BCUT2D eigenvalue weighted by Crippen LogP contribution is -2.39. The van der Waals surface area contributed by atoms with E-state index in [1.807, 2.05) is 31.6 Å². The van der Waals surface area contributed by atoms with Gasteiger partial charge in [-0.1, -0.05) is 0 Å². The Morgan fingerprint density at radius 1 is 1.09 bits per heavy atom. The van der Waals surface area contributed by atoms with Crippen molar-refractivity contribution in [1.29, 1.82) is 0 Å². The predicted molar refractivity (Wildman–Crippen MR) is 75.9 cm³/mol. The van der Waals surface area contributed by atoms with Gasteiger partial charge >= 0.3 is 11.9 Å². The van der Waals surface area contributed by atoms with Crippen molar-refractivity contribution >= 4 is 11.9 Å². The quantitative estimate of drug-likeness (QED) is 0.623. The zero-order valence-electron chi connectivity index (χ0n) is 11.7. The molecule has 0 saturated heterocycles. The number of carboxylic acids is 2. The molecule has 2 aromatic heterocycles. The van der Waals surface area contributed by atoms with E-state index in [-0.39, 0.29) is 0 Å². The Morgan fingerprint density at radius 3 is 2.05 bits per heavy atom. The SMILES string of the molecule is Cn1cccc1-c1cccnc1.O=C(O)C(O)C(O)C(=O)O. The molecule has 4 N–H and O–H groups in total. The highest BCUT2D eigenvalue weighted by molar-refractivity contribution is 5.83. The number of hydrogen-bond acceptors (Lipinski definition) is 5. The highest BCUT2D eigenvalue weighted by atomic mass is 16.4. The first-order valence-electron chi connectivity index (χ1n) is 6.18. The molecule has 2 atom stereocenters. The molecule has 2 rings (SSSR count). The van der Waals surface area contributed by atoms with Gasteiger partial charge in [0.25, 0.3) is 0 Å². The number of aliphatic carboxylic acids is 2. The number of aliphatic hydroxyl groups is 2. The highest BCUT2D eigenvalue weighted by Crippen LogP contribution is 2.16. The van der Waals surface area contributed by atoms with Crippen LogP contribution >= 0.6 is 0 Å². The Morgan fingerprint density at radius 2 is 1.68 bits per heavy atom. The maximum Gasteiger partial charge on any atom is 0.335 e. The minimum Gasteiger partial charge on any atom is -0.479 e. The van der Waals surface area contributed by atoms with Crippen LogP contribution in [0, 0.1) is 0 Å². The fraction of sp³-hybridized carbons (Fsp3) is 0.214. The first-order chi connectivity index (χ1) is 10.3. The second-order valence-corrected chi connectivity index (χ2v) is 4.31. The molecule has 2 aromatic rings. The molecule has 0 radical (unpaired) electrons. The molecule has 0 aliphatic rings. The topological polar surface area (TPSA) is 133 Å². The predicted octanol–water partition coefficient (Wildman–Crippen LogP) is -0.0355. The Balaban J connectivity index is 0.000000225. The number of hydrogen-bond donors (Lipinski definition) is 4. The van der Waals surface area contributed by atoms with Crippen LogP contribution in [0.5, 0.6) is 0 Å². The van der Waals surface area contributed by atoms with Crippen LogP contribution in [-0.2, 0) is 16.6 Å². The van der Waals surface area contributed by atoms with Crippen molar-refractivity contribution in [2.75, 3.05) is 0 Å². The molecule has 22 heavy (non-hydrogen) atoms. The summed E-state index contributed by atoms with van der Waals surface area (Å²) in [5.74, 6) is -3.54. The van der Waals surface area contributed by atoms with Gasteiger partial charge in [-0.05, 0) is 24.3 Å². The normalized spacial score (nSPS) is 12.7. The van der Waals surface area contributed by atoms with E-state index in [2.05, 4.69) is 21.7 Å². The third-order valence-electron chi connectivity index (χ3n) is 2.71. The lowest BCUT2D eigenvalue weighted by Gasteiger charge is -2.07. The third-order valence-corrected chi connectivity index (χ3v) is 2.71. The van der Waals surface area contributed by atoms with Crippen LogP contribution in [-0.4, -0.2) is 54.1 Å². The summed E-state index contributed by atoms with van der Waals surface area (Å²) in [4.78, 5) is 23.6. The molecule has 0 aliphatic heterocycles. The molecule has 0 spiro atoms. The molecule has 0 aromatic carbocycles. The first kappa shape index (κ1) is 17.3. The van der Waals surface area contributed by atoms with E-state index in [9.17, 15) is 9.59 Å². The van der Waals surface area contributed by atoms with Crippen molar-refractivity contribution in [3.05, 3.63) is 42.9 Å². The molecule has 0 amide bonds. The molecule has 8 nitrogen and oxygen atoms in total. The number of aryl methyl sites for hydroxylation is 1. The van der Waals surface area contributed by atoms with Crippen molar-refractivity contribution in [3.63, 3.8) is 0 Å². The molecule has 118 valence electrons. The van der Waals surface area contributed by atoms with Crippen molar-refractivity contribution in [2.45, 2.75) is 12.2 Å². The summed E-state index contributed by atoms with van der Waals surface area (Å²) in [7, 11) is 2.03. The van der Waals surface area contributed by atoms with Crippen molar-refractivity contribution in [3.8, 4) is 11.3 Å². The van der Waals surface area contributed by atoms with Crippen LogP contribution in [0.4, 0.5) is 0 Å². The number of aliphatic hydroxyl groups excluding tert-OH is 2. The van der Waals surface area contributed by atoms with Crippen LogP contribution < -0.4 is 0 Å². The van der Waals surface area contributed by atoms with Gasteiger partial charge in [-0.2, -0.15) is 0 Å². The second-order valence-electron chi connectivity index (χ2n) is 4.31. The summed E-state index contributed by atoms with van der Waals surface area (Å²) in [6, 6.07) is 8.12. The maximum absolute atomic E-state index is 9.77. The van der Waals surface area contributed by atoms with Crippen molar-refractivity contribution in [2.24, 2.45) is 7.05 Å². The Bertz CT molecular complexity index is 607. The first-order valence-corrected chi connectivity index (χ1v) is 6.18. The van der Waals surface area contributed by atoms with Gasteiger partial charge in [0.2, 0.25) is 0 Å². The van der Waals surface area contributed by atoms with Crippen LogP contribution in [0.1, 0.15) is 0 Å². The zero-order chi connectivity index (χ0) is 16.7. The molecule has 2 unspecified atom stereocenters. The van der Waals surface area contributed by atoms with Crippen LogP contribution in [0.2, 0.25) is 0 Å². The molecule has 0 saturated carbocycles. The van der Waals surface area contributed by atoms with E-state index in [0.29, 0.717) is 0 Å². The number of rotatable bonds is 4. The molecule has 2 heterocycles. The van der Waals surface area contributed by atoms with Gasteiger partial charge in [0, 0.05) is 36.9 Å². The van der Waals surface area contributed by atoms with Gasteiger partial charge in [0.05, 0.1) is 0 Å². The van der Waals surface area contributed by atoms with Crippen LogP contribution in [0.15, 0.2) is 42.9 Å². The lowest BCUT2D eigenvalue weighted by atomic mass is 10.2. The smallest absolute Gasteiger partial charge is 0.335 e. The maximum atomic E-state index is 9.77. The molecular weight excluding hydrogens is 292 g/mol. The fourth-order valence-electron chi connectivity index (χ4n) is 1.55. The molecular formula is C14H16N2O6. The summed E-state index contributed by atoms with van der Waals surface area (Å²) in [6.07, 6.45) is 1.15. The summed E-state index contributed by atoms with van der Waals surface area (Å²) < 4.78 is 2.08. The van der Waals surface area contributed by atoms with Crippen LogP contribution in [0.3, 0.4) is 0 Å². The van der Waals surface area contributed by atoms with Gasteiger partial charge in [-0.15, -0.1) is 0 Å². The molecule has 0 bridgehead atoms. The van der Waals surface area contributed by atoms with Gasteiger partial charge in [-0.25, -0.2) is 9.59 Å². The van der Waals surface area contributed by atoms with E-state index >= 15 is 0 Å². The number of pyridine rings is 1. The van der Waals surface area contributed by atoms with Gasteiger partial charge in [-0.3, -0.25) is 4.98 Å². The van der Waals surface area contributed by atoms with Gasteiger partial charge in [0.1, 0.15) is 0 Å².